The zero-order chi connectivity index (χ0) is 35.0. The van der Waals surface area contributed by atoms with Crippen LogP contribution in [0.5, 0.6) is 0 Å². The first-order valence-corrected chi connectivity index (χ1v) is 17.9. The molecule has 0 fully saturated rings. The van der Waals surface area contributed by atoms with Crippen molar-refractivity contribution in [2.45, 2.75) is 0 Å². The lowest BCUT2D eigenvalue weighted by Gasteiger charge is -2.18. The van der Waals surface area contributed by atoms with Crippen molar-refractivity contribution in [3.63, 3.8) is 0 Å². The molecule has 0 N–H and O–H groups in total. The van der Waals surface area contributed by atoms with Crippen LogP contribution in [0.25, 0.3) is 93.6 Å². The molecule has 3 heterocycles. The van der Waals surface area contributed by atoms with Crippen LogP contribution in [0.15, 0.2) is 182 Å². The second-order valence-electron chi connectivity index (χ2n) is 13.7. The molecule has 0 bridgehead atoms. The van der Waals surface area contributed by atoms with Crippen LogP contribution in [0, 0.1) is 11.3 Å². The van der Waals surface area contributed by atoms with Gasteiger partial charge in [0.15, 0.2) is 0 Å². The summed E-state index contributed by atoms with van der Waals surface area (Å²) >= 11 is 0. The molecule has 0 aliphatic heterocycles. The molecule has 4 heteroatoms. The van der Waals surface area contributed by atoms with Crippen LogP contribution in [0.2, 0.25) is 0 Å². The fourth-order valence-corrected chi connectivity index (χ4v) is 8.62. The highest BCUT2D eigenvalue weighted by atomic mass is 15.1. The van der Waals surface area contributed by atoms with Crippen LogP contribution in [-0.2, 0) is 0 Å². The summed E-state index contributed by atoms with van der Waals surface area (Å²) in [6.45, 7) is 0. The molecule has 53 heavy (non-hydrogen) atoms. The number of nitriles is 1. The summed E-state index contributed by atoms with van der Waals surface area (Å²) in [6.07, 6.45) is 0. The second kappa shape index (κ2) is 11.3. The minimum atomic E-state index is 0.621. The van der Waals surface area contributed by atoms with Crippen LogP contribution >= 0.6 is 0 Å². The van der Waals surface area contributed by atoms with E-state index in [2.05, 4.69) is 190 Å². The van der Waals surface area contributed by atoms with Gasteiger partial charge in [-0.15, -0.1) is 0 Å². The van der Waals surface area contributed by atoms with E-state index in [0.717, 1.165) is 61.0 Å². The molecule has 0 saturated carbocycles. The Balaban J connectivity index is 1.17. The van der Waals surface area contributed by atoms with Gasteiger partial charge in [-0.2, -0.15) is 5.26 Å². The quantitative estimate of drug-likeness (QED) is 0.183. The highest BCUT2D eigenvalue weighted by molar-refractivity contribution is 6.13. The van der Waals surface area contributed by atoms with Gasteiger partial charge in [0.2, 0.25) is 0 Å². The molecular formula is C49H30N4. The first-order chi connectivity index (χ1) is 26.3. The van der Waals surface area contributed by atoms with Crippen LogP contribution in [0.4, 0.5) is 0 Å². The van der Waals surface area contributed by atoms with Crippen molar-refractivity contribution in [2.24, 2.45) is 0 Å². The van der Waals surface area contributed by atoms with Crippen LogP contribution in [-0.4, -0.2) is 13.7 Å². The average Bonchev–Trinajstić information content (AvgIpc) is 3.86. The molecule has 3 aromatic heterocycles. The first kappa shape index (κ1) is 29.4. The van der Waals surface area contributed by atoms with Crippen molar-refractivity contribution >= 4 is 65.4 Å². The van der Waals surface area contributed by atoms with Gasteiger partial charge in [-0.05, 0) is 77.9 Å². The number of benzene rings is 8. The van der Waals surface area contributed by atoms with E-state index in [-0.39, 0.29) is 0 Å². The summed E-state index contributed by atoms with van der Waals surface area (Å²) in [4.78, 5) is 0. The van der Waals surface area contributed by atoms with Gasteiger partial charge in [0, 0.05) is 38.0 Å². The summed E-state index contributed by atoms with van der Waals surface area (Å²) in [5.41, 5.74) is 12.6. The average molecular weight is 675 g/mol. The number of rotatable bonds is 4. The van der Waals surface area contributed by atoms with E-state index in [4.69, 9.17) is 0 Å². The molecule has 0 saturated heterocycles. The third kappa shape index (κ3) is 4.22. The fraction of sp³-hybridized carbons (Fsp3) is 0. The summed E-state index contributed by atoms with van der Waals surface area (Å²) in [7, 11) is 0. The molecular weight excluding hydrogens is 645 g/mol. The van der Waals surface area contributed by atoms with Gasteiger partial charge < -0.3 is 13.7 Å². The lowest BCUT2D eigenvalue weighted by Crippen LogP contribution is -2.05. The van der Waals surface area contributed by atoms with Crippen LogP contribution in [0.1, 0.15) is 5.56 Å². The van der Waals surface area contributed by atoms with Crippen molar-refractivity contribution in [1.29, 1.82) is 5.26 Å². The summed E-state index contributed by atoms with van der Waals surface area (Å²) < 4.78 is 6.98. The predicted molar refractivity (Wildman–Crippen MR) is 220 cm³/mol. The molecule has 0 aliphatic carbocycles. The minimum absolute atomic E-state index is 0.621. The first-order valence-electron chi connectivity index (χ1n) is 17.9. The van der Waals surface area contributed by atoms with E-state index in [9.17, 15) is 5.26 Å². The highest BCUT2D eigenvalue weighted by Gasteiger charge is 2.22. The number of aromatic nitrogens is 3. The zero-order valence-corrected chi connectivity index (χ0v) is 28.6. The maximum atomic E-state index is 10.7. The summed E-state index contributed by atoms with van der Waals surface area (Å²) in [6, 6.07) is 67.1. The van der Waals surface area contributed by atoms with Crippen molar-refractivity contribution in [3.05, 3.63) is 188 Å². The molecule has 0 spiro atoms. The second-order valence-corrected chi connectivity index (χ2v) is 13.7. The van der Waals surface area contributed by atoms with Gasteiger partial charge in [0.25, 0.3) is 0 Å². The Morgan fingerprint density at radius 1 is 0.340 bits per heavy atom. The van der Waals surface area contributed by atoms with Crippen molar-refractivity contribution in [2.75, 3.05) is 0 Å². The summed E-state index contributed by atoms with van der Waals surface area (Å²) in [5, 5.41) is 17.8. The van der Waals surface area contributed by atoms with E-state index < -0.39 is 0 Å². The number of para-hydroxylation sites is 6. The maximum Gasteiger partial charge on any atom is 0.101 e. The Hall–Kier alpha value is -7.35. The predicted octanol–water partition coefficient (Wildman–Crippen LogP) is 12.5. The third-order valence-corrected chi connectivity index (χ3v) is 10.9. The van der Waals surface area contributed by atoms with Gasteiger partial charge in [-0.25, -0.2) is 0 Å². The standard InChI is InChI=1S/C49H30N4/c50-31-34-13-12-24-47(52-43-21-9-5-16-36(43)37-17-6-10-22-44(37)52)49(34)53-45-23-11-7-19-39(45)41-29-32(26-28-46(41)53)33-25-27-40-38-18-4-8-20-42(38)51(48(40)30-33)35-14-2-1-3-15-35/h1-30H. The Morgan fingerprint density at radius 3 is 1.47 bits per heavy atom. The maximum absolute atomic E-state index is 10.7. The zero-order valence-electron chi connectivity index (χ0n) is 28.6. The molecule has 0 atom stereocenters. The number of hydrogen-bond acceptors (Lipinski definition) is 1. The smallest absolute Gasteiger partial charge is 0.101 e. The summed E-state index contributed by atoms with van der Waals surface area (Å²) in [5.74, 6) is 0. The van der Waals surface area contributed by atoms with Gasteiger partial charge in [-0.3, -0.25) is 0 Å². The largest absolute Gasteiger partial charge is 0.309 e. The van der Waals surface area contributed by atoms with Gasteiger partial charge in [0.1, 0.15) is 6.07 Å². The molecule has 11 rings (SSSR count). The van der Waals surface area contributed by atoms with Crippen LogP contribution < -0.4 is 0 Å². The Labute approximate surface area is 305 Å². The molecule has 0 radical (unpaired) electrons. The van der Waals surface area contributed by atoms with Crippen molar-refractivity contribution in [3.8, 4) is 34.3 Å². The monoisotopic (exact) mass is 674 g/mol. The van der Waals surface area contributed by atoms with E-state index in [1.54, 1.807) is 0 Å². The van der Waals surface area contributed by atoms with E-state index in [1.807, 2.05) is 12.1 Å². The van der Waals surface area contributed by atoms with Gasteiger partial charge in [0.05, 0.1) is 50.0 Å². The number of fused-ring (bicyclic) bond motifs is 9. The molecule has 4 nitrogen and oxygen atoms in total. The lowest BCUT2D eigenvalue weighted by atomic mass is 10.0. The Morgan fingerprint density at radius 2 is 0.830 bits per heavy atom. The van der Waals surface area contributed by atoms with Crippen molar-refractivity contribution in [1.82, 2.24) is 13.7 Å². The van der Waals surface area contributed by atoms with Crippen molar-refractivity contribution < 1.29 is 0 Å². The molecule has 0 aliphatic rings. The van der Waals surface area contributed by atoms with Gasteiger partial charge in [-0.1, -0.05) is 115 Å². The molecule has 8 aromatic carbocycles. The van der Waals surface area contributed by atoms with Gasteiger partial charge >= 0.3 is 0 Å². The number of nitrogens with zero attached hydrogens (tertiary/aromatic N) is 4. The topological polar surface area (TPSA) is 38.6 Å². The van der Waals surface area contributed by atoms with Crippen LogP contribution in [0.3, 0.4) is 0 Å². The third-order valence-electron chi connectivity index (χ3n) is 10.9. The molecule has 11 aromatic rings. The lowest BCUT2D eigenvalue weighted by molar-refractivity contribution is 1.09. The van der Waals surface area contributed by atoms with E-state index in [1.165, 1.54) is 32.6 Å². The highest BCUT2D eigenvalue weighted by Crippen LogP contribution is 2.41. The molecule has 246 valence electrons. The fourth-order valence-electron chi connectivity index (χ4n) is 8.62. The number of hydrogen-bond donors (Lipinski definition) is 0. The Bertz CT molecular complexity index is 3240. The Kier molecular flexibility index (Phi) is 6.28. The van der Waals surface area contributed by atoms with E-state index in [0.29, 0.717) is 5.56 Å². The normalized spacial score (nSPS) is 11.8. The SMILES string of the molecule is N#Cc1cccc(-n2c3ccccc3c3ccccc32)c1-n1c2ccccc2c2cc(-c3ccc4c5ccccc5n(-c5ccccc5)c4c3)ccc21. The van der Waals surface area contributed by atoms with E-state index >= 15 is 0 Å². The molecule has 0 unspecified atom stereocenters. The minimum Gasteiger partial charge on any atom is -0.309 e. The molecule has 0 amide bonds.